The number of carbonyl (C=O) groups is 2. The maximum Gasteiger partial charge on any atom is 0.329 e. The second kappa shape index (κ2) is 11.7. The maximum atomic E-state index is 13.5. The lowest BCUT2D eigenvalue weighted by atomic mass is 10.1. The molecule has 0 radical (unpaired) electrons. The molecule has 1 heterocycles. The first kappa shape index (κ1) is 24.5. The smallest absolute Gasteiger partial charge is 0.329 e. The molecule has 2 aromatic carbocycles. The van der Waals surface area contributed by atoms with E-state index in [1.54, 1.807) is 37.3 Å². The highest BCUT2D eigenvalue weighted by Crippen LogP contribution is 2.29. The fraction of sp³-hybridized carbons (Fsp3) is 0.440. The summed E-state index contributed by atoms with van der Waals surface area (Å²) in [6.45, 7) is 4.59. The number of rotatable bonds is 10. The summed E-state index contributed by atoms with van der Waals surface area (Å²) in [7, 11) is 3.11. The van der Waals surface area contributed by atoms with E-state index in [0.29, 0.717) is 30.2 Å². The van der Waals surface area contributed by atoms with E-state index in [9.17, 15) is 9.59 Å². The van der Waals surface area contributed by atoms with Gasteiger partial charge in [-0.1, -0.05) is 17.7 Å². The molecule has 0 unspecified atom stereocenters. The van der Waals surface area contributed by atoms with Crippen LogP contribution in [-0.4, -0.2) is 75.0 Å². The molecule has 8 nitrogen and oxygen atoms in total. The molecule has 0 aliphatic carbocycles. The molecule has 0 saturated carbocycles. The number of piperidine rings is 1. The number of methoxy groups -OCH3 is 2. The molecule has 1 amide bonds. The van der Waals surface area contributed by atoms with Crippen molar-refractivity contribution in [1.29, 1.82) is 0 Å². The summed E-state index contributed by atoms with van der Waals surface area (Å²) in [6.07, 6.45) is 1.53. The van der Waals surface area contributed by atoms with E-state index in [2.05, 4.69) is 4.90 Å². The molecule has 1 aliphatic heterocycles. The van der Waals surface area contributed by atoms with Crippen LogP contribution in [0.15, 0.2) is 42.5 Å². The van der Waals surface area contributed by atoms with Crippen LogP contribution in [0.2, 0.25) is 0 Å². The normalized spacial score (nSPS) is 14.6. The lowest BCUT2D eigenvalue weighted by Gasteiger charge is -2.33. The van der Waals surface area contributed by atoms with Crippen LogP contribution >= 0.6 is 0 Å². The highest BCUT2D eigenvalue weighted by atomic mass is 16.5. The average Bonchev–Trinajstić information content (AvgIpc) is 2.84. The number of carbonyl (C=O) groups excluding carboxylic acids is 1. The van der Waals surface area contributed by atoms with Gasteiger partial charge in [-0.25, -0.2) is 4.79 Å². The van der Waals surface area contributed by atoms with Crippen molar-refractivity contribution in [2.24, 2.45) is 0 Å². The number of ether oxygens (including phenoxy) is 3. The van der Waals surface area contributed by atoms with Gasteiger partial charge in [0.1, 0.15) is 6.61 Å². The number of amides is 1. The summed E-state index contributed by atoms with van der Waals surface area (Å²) in [5.74, 6) is 0.0268. The van der Waals surface area contributed by atoms with Gasteiger partial charge in [0.2, 0.25) is 0 Å². The largest absolute Gasteiger partial charge is 0.493 e. The van der Waals surface area contributed by atoms with Crippen LogP contribution in [0.25, 0.3) is 0 Å². The zero-order valence-electron chi connectivity index (χ0n) is 19.5. The molecule has 0 spiro atoms. The second-order valence-electron chi connectivity index (χ2n) is 8.11. The Morgan fingerprint density at radius 1 is 1.03 bits per heavy atom. The number of carboxylic acid groups (broad SMARTS) is 1. The first-order valence-electron chi connectivity index (χ1n) is 11.1. The Kier molecular flexibility index (Phi) is 8.68. The topological polar surface area (TPSA) is 88.5 Å². The predicted octanol–water partition coefficient (Wildman–Crippen LogP) is 3.22. The third kappa shape index (κ3) is 6.69. The van der Waals surface area contributed by atoms with Crippen LogP contribution in [-0.2, 0) is 9.53 Å². The zero-order chi connectivity index (χ0) is 23.8. The van der Waals surface area contributed by atoms with E-state index in [-0.39, 0.29) is 18.6 Å². The Morgan fingerprint density at radius 2 is 1.70 bits per heavy atom. The lowest BCUT2D eigenvalue weighted by molar-refractivity contribution is -0.145. The molecular weight excluding hydrogens is 424 g/mol. The minimum Gasteiger partial charge on any atom is -0.493 e. The Morgan fingerprint density at radius 3 is 2.30 bits per heavy atom. The number of hydrogen-bond donors (Lipinski definition) is 1. The van der Waals surface area contributed by atoms with Gasteiger partial charge in [-0.15, -0.1) is 0 Å². The number of benzene rings is 2. The molecule has 1 aliphatic rings. The summed E-state index contributed by atoms with van der Waals surface area (Å²) < 4.78 is 16.1. The Bertz CT molecular complexity index is 938. The minimum atomic E-state index is -0.945. The van der Waals surface area contributed by atoms with Crippen molar-refractivity contribution in [3.63, 3.8) is 0 Å². The van der Waals surface area contributed by atoms with E-state index < -0.39 is 5.97 Å². The molecule has 178 valence electrons. The van der Waals surface area contributed by atoms with E-state index in [1.807, 2.05) is 31.2 Å². The second-order valence-corrected chi connectivity index (χ2v) is 8.11. The van der Waals surface area contributed by atoms with Crippen molar-refractivity contribution in [3.8, 4) is 11.5 Å². The molecule has 33 heavy (non-hydrogen) atoms. The molecular formula is C25H32N2O6. The predicted molar refractivity (Wildman–Crippen MR) is 125 cm³/mol. The van der Waals surface area contributed by atoms with Crippen molar-refractivity contribution < 1.29 is 28.9 Å². The van der Waals surface area contributed by atoms with Crippen molar-refractivity contribution in [3.05, 3.63) is 53.6 Å². The highest BCUT2D eigenvalue weighted by molar-refractivity contribution is 6.06. The van der Waals surface area contributed by atoms with Crippen LogP contribution in [0.5, 0.6) is 11.5 Å². The molecule has 0 aromatic heterocycles. The highest BCUT2D eigenvalue weighted by Gasteiger charge is 2.24. The maximum absolute atomic E-state index is 13.5. The molecule has 0 atom stereocenters. The average molecular weight is 457 g/mol. The van der Waals surface area contributed by atoms with Gasteiger partial charge in [-0.3, -0.25) is 4.79 Å². The van der Waals surface area contributed by atoms with Crippen LogP contribution in [0.4, 0.5) is 5.69 Å². The number of aliphatic carboxylic acids is 1. The summed E-state index contributed by atoms with van der Waals surface area (Å²) >= 11 is 0. The lowest BCUT2D eigenvalue weighted by Crippen LogP contribution is -2.43. The van der Waals surface area contributed by atoms with Crippen LogP contribution in [0, 0.1) is 6.92 Å². The van der Waals surface area contributed by atoms with E-state index in [4.69, 9.17) is 19.3 Å². The van der Waals surface area contributed by atoms with Gasteiger partial charge in [-0.05, 0) is 50.1 Å². The number of carboxylic acids is 1. The summed E-state index contributed by atoms with van der Waals surface area (Å²) in [6, 6.07) is 13.1. The molecule has 3 rings (SSSR count). The van der Waals surface area contributed by atoms with E-state index >= 15 is 0 Å². The summed E-state index contributed by atoms with van der Waals surface area (Å²) in [5, 5.41) is 8.79. The van der Waals surface area contributed by atoms with E-state index in [1.165, 1.54) is 0 Å². The van der Waals surface area contributed by atoms with Crippen LogP contribution in [0.3, 0.4) is 0 Å². The van der Waals surface area contributed by atoms with Crippen LogP contribution < -0.4 is 14.4 Å². The molecule has 8 heteroatoms. The molecule has 1 saturated heterocycles. The van der Waals surface area contributed by atoms with Gasteiger partial charge in [0, 0.05) is 37.4 Å². The van der Waals surface area contributed by atoms with Gasteiger partial charge >= 0.3 is 5.97 Å². The SMILES string of the molecule is COc1ccc(C(=O)N(CCN2CCC(OCC(=O)O)CC2)c2ccc(C)cc2)cc1OC. The fourth-order valence-electron chi connectivity index (χ4n) is 3.93. The monoisotopic (exact) mass is 456 g/mol. The minimum absolute atomic E-state index is 0.0288. The first-order valence-corrected chi connectivity index (χ1v) is 11.1. The number of anilines is 1. The molecule has 2 aromatic rings. The summed E-state index contributed by atoms with van der Waals surface area (Å²) in [4.78, 5) is 28.3. The third-order valence-corrected chi connectivity index (χ3v) is 5.84. The number of likely N-dealkylation sites (tertiary alicyclic amines) is 1. The van der Waals surface area contributed by atoms with Crippen molar-refractivity contribution in [2.75, 3.05) is 51.9 Å². The van der Waals surface area contributed by atoms with Gasteiger partial charge in [0.15, 0.2) is 11.5 Å². The zero-order valence-corrected chi connectivity index (χ0v) is 19.5. The Balaban J connectivity index is 1.70. The first-order chi connectivity index (χ1) is 15.9. The number of nitrogens with zero attached hydrogens (tertiary/aromatic N) is 2. The van der Waals surface area contributed by atoms with Crippen LogP contribution in [0.1, 0.15) is 28.8 Å². The van der Waals surface area contributed by atoms with Gasteiger partial charge in [0.05, 0.1) is 20.3 Å². The molecule has 1 fully saturated rings. The van der Waals surface area contributed by atoms with Crippen molar-refractivity contribution in [2.45, 2.75) is 25.9 Å². The van der Waals surface area contributed by atoms with Gasteiger partial charge in [0.25, 0.3) is 5.91 Å². The third-order valence-electron chi connectivity index (χ3n) is 5.84. The standard InChI is InChI=1S/C25H32N2O6/c1-18-4-7-20(8-5-18)27(25(30)19-6-9-22(31-2)23(16-19)32-3)15-14-26-12-10-21(11-13-26)33-17-24(28)29/h4-9,16,21H,10-15,17H2,1-3H3,(H,28,29). The summed E-state index contributed by atoms with van der Waals surface area (Å²) in [5.41, 5.74) is 2.48. The van der Waals surface area contributed by atoms with E-state index in [0.717, 1.165) is 37.2 Å². The fourth-order valence-corrected chi connectivity index (χ4v) is 3.93. The van der Waals surface area contributed by atoms with Crippen molar-refractivity contribution in [1.82, 2.24) is 4.90 Å². The van der Waals surface area contributed by atoms with Gasteiger partial charge < -0.3 is 29.1 Å². The van der Waals surface area contributed by atoms with Crippen molar-refractivity contribution >= 4 is 17.6 Å². The quantitative estimate of drug-likeness (QED) is 0.587. The van der Waals surface area contributed by atoms with Gasteiger partial charge in [-0.2, -0.15) is 0 Å². The Labute approximate surface area is 194 Å². The number of aryl methyl sites for hydroxylation is 1. The molecule has 1 N–H and O–H groups in total. The Hall–Kier alpha value is -3.10. The molecule has 0 bridgehead atoms. The number of hydrogen-bond acceptors (Lipinski definition) is 6.